The Morgan fingerprint density at radius 1 is 0.921 bits per heavy atom. The molecule has 4 aromatic rings. The van der Waals surface area contributed by atoms with Crippen LogP contribution >= 0.6 is 11.6 Å². The van der Waals surface area contributed by atoms with E-state index >= 15 is 0 Å². The number of fused-ring (bicyclic) bond motifs is 1. The molecule has 1 heterocycles. The van der Waals surface area contributed by atoms with Gasteiger partial charge in [0.25, 0.3) is 11.5 Å². The number of carbonyl (C=O) groups excluding carboxylic acids is 3. The fourth-order valence-electron chi connectivity index (χ4n) is 4.21. The second-order valence-corrected chi connectivity index (χ2v) is 8.91. The Balaban J connectivity index is 1.74. The molecule has 0 radical (unpaired) electrons. The van der Waals surface area contributed by atoms with Gasteiger partial charge in [-0.2, -0.15) is 0 Å². The number of amides is 1. The van der Waals surface area contributed by atoms with Gasteiger partial charge in [-0.25, -0.2) is 9.59 Å². The monoisotopic (exact) mass is 532 g/mol. The first-order chi connectivity index (χ1) is 18.3. The summed E-state index contributed by atoms with van der Waals surface area (Å²) < 4.78 is 11.7. The molecule has 0 fully saturated rings. The molecular weight excluding hydrogens is 508 g/mol. The van der Waals surface area contributed by atoms with Crippen LogP contribution in [0.3, 0.4) is 0 Å². The standard InChI is InChI=1S/C29H25ClN2O6/c1-4-23(26(33)31-22-12-8-7-11-21(22)28(35)37-3)38-29(36)25-24(17-13-15-18(30)16-14-17)19-9-5-6-10-20(19)27(34)32(25)2/h5-16,23H,4H2,1-3H3,(H,31,33). The van der Waals surface area contributed by atoms with Crippen LogP contribution in [0.15, 0.2) is 77.6 Å². The topological polar surface area (TPSA) is 104 Å². The summed E-state index contributed by atoms with van der Waals surface area (Å²) in [5.41, 5.74) is 1.13. The number of esters is 2. The van der Waals surface area contributed by atoms with E-state index in [-0.39, 0.29) is 28.9 Å². The summed E-state index contributed by atoms with van der Waals surface area (Å²) >= 11 is 6.08. The highest BCUT2D eigenvalue weighted by Crippen LogP contribution is 2.32. The number of hydrogen-bond donors (Lipinski definition) is 1. The highest BCUT2D eigenvalue weighted by molar-refractivity contribution is 6.30. The molecule has 4 rings (SSSR count). The number of anilines is 1. The molecule has 3 aromatic carbocycles. The summed E-state index contributed by atoms with van der Waals surface area (Å²) in [6.07, 6.45) is -1.05. The van der Waals surface area contributed by atoms with Crippen molar-refractivity contribution in [2.75, 3.05) is 12.4 Å². The van der Waals surface area contributed by atoms with E-state index in [2.05, 4.69) is 5.32 Å². The normalized spacial score (nSPS) is 11.6. The average molecular weight is 533 g/mol. The molecular formula is C29H25ClN2O6. The van der Waals surface area contributed by atoms with Crippen molar-refractivity contribution in [3.05, 3.63) is 99.4 Å². The third-order valence-corrected chi connectivity index (χ3v) is 6.38. The summed E-state index contributed by atoms with van der Waals surface area (Å²) in [7, 11) is 2.72. The van der Waals surface area contributed by atoms with Gasteiger partial charge in [0.15, 0.2) is 6.10 Å². The maximum Gasteiger partial charge on any atom is 0.356 e. The Hall–Kier alpha value is -4.43. The summed E-state index contributed by atoms with van der Waals surface area (Å²) in [6.45, 7) is 1.68. The van der Waals surface area contributed by atoms with Crippen LogP contribution in [0, 0.1) is 0 Å². The maximum atomic E-state index is 13.6. The second kappa shape index (κ2) is 11.3. The van der Waals surface area contributed by atoms with E-state index in [0.717, 1.165) is 0 Å². The predicted molar refractivity (Wildman–Crippen MR) is 146 cm³/mol. The van der Waals surface area contributed by atoms with Crippen LogP contribution < -0.4 is 10.9 Å². The highest BCUT2D eigenvalue weighted by atomic mass is 35.5. The fraction of sp³-hybridized carbons (Fsp3) is 0.172. The second-order valence-electron chi connectivity index (χ2n) is 8.47. The lowest BCUT2D eigenvalue weighted by molar-refractivity contribution is -0.124. The third-order valence-electron chi connectivity index (χ3n) is 6.13. The molecule has 0 aliphatic heterocycles. The number of ether oxygens (including phenoxy) is 2. The largest absolute Gasteiger partial charge is 0.465 e. The number of nitrogens with zero attached hydrogens (tertiary/aromatic N) is 1. The van der Waals surface area contributed by atoms with Crippen LogP contribution in [0.4, 0.5) is 5.69 Å². The molecule has 0 spiro atoms. The smallest absolute Gasteiger partial charge is 0.356 e. The van der Waals surface area contributed by atoms with Gasteiger partial charge < -0.3 is 19.4 Å². The van der Waals surface area contributed by atoms with Gasteiger partial charge in [0, 0.05) is 23.0 Å². The molecule has 1 unspecified atom stereocenters. The first kappa shape index (κ1) is 26.6. The molecule has 1 aromatic heterocycles. The Morgan fingerprint density at radius 2 is 1.55 bits per heavy atom. The average Bonchev–Trinajstić information content (AvgIpc) is 2.93. The van der Waals surface area contributed by atoms with E-state index in [1.54, 1.807) is 73.7 Å². The lowest BCUT2D eigenvalue weighted by atomic mass is 9.96. The third kappa shape index (κ3) is 5.17. The first-order valence-electron chi connectivity index (χ1n) is 11.8. The zero-order valence-electron chi connectivity index (χ0n) is 21.0. The molecule has 0 bridgehead atoms. The van der Waals surface area contributed by atoms with Crippen molar-refractivity contribution in [3.8, 4) is 11.1 Å². The molecule has 0 saturated heterocycles. The number of benzene rings is 3. The Labute approximate surface area is 223 Å². The minimum Gasteiger partial charge on any atom is -0.465 e. The highest BCUT2D eigenvalue weighted by Gasteiger charge is 2.28. The van der Waals surface area contributed by atoms with Crippen molar-refractivity contribution in [1.29, 1.82) is 0 Å². The minimum atomic E-state index is -1.20. The molecule has 1 atom stereocenters. The zero-order valence-corrected chi connectivity index (χ0v) is 21.7. The molecule has 194 valence electrons. The van der Waals surface area contributed by atoms with E-state index in [1.807, 2.05) is 0 Å². The number of methoxy groups -OCH3 is 1. The van der Waals surface area contributed by atoms with Gasteiger partial charge in [0.05, 0.1) is 18.4 Å². The van der Waals surface area contributed by atoms with Crippen LogP contribution in [0.2, 0.25) is 5.02 Å². The predicted octanol–water partition coefficient (Wildman–Crippen LogP) is 5.22. The van der Waals surface area contributed by atoms with E-state index < -0.39 is 23.9 Å². The van der Waals surface area contributed by atoms with Crippen LogP contribution in [-0.4, -0.2) is 35.6 Å². The van der Waals surface area contributed by atoms with Gasteiger partial charge in [-0.15, -0.1) is 0 Å². The molecule has 0 saturated carbocycles. The molecule has 38 heavy (non-hydrogen) atoms. The van der Waals surface area contributed by atoms with E-state index in [1.165, 1.54) is 24.8 Å². The van der Waals surface area contributed by atoms with Crippen LogP contribution in [-0.2, 0) is 21.3 Å². The van der Waals surface area contributed by atoms with E-state index in [4.69, 9.17) is 21.1 Å². The molecule has 0 aliphatic carbocycles. The Kier molecular flexibility index (Phi) is 7.93. The van der Waals surface area contributed by atoms with Crippen molar-refractivity contribution in [1.82, 2.24) is 4.57 Å². The SMILES string of the molecule is CCC(OC(=O)c1c(-c2ccc(Cl)cc2)c2ccccc2c(=O)n1C)C(=O)Nc1ccccc1C(=O)OC. The molecule has 1 amide bonds. The van der Waals surface area contributed by atoms with Crippen molar-refractivity contribution in [2.45, 2.75) is 19.4 Å². The number of para-hydroxylation sites is 1. The van der Waals surface area contributed by atoms with Gasteiger partial charge in [-0.05, 0) is 47.7 Å². The number of halogens is 1. The van der Waals surface area contributed by atoms with Crippen LogP contribution in [0.5, 0.6) is 0 Å². The van der Waals surface area contributed by atoms with Crippen molar-refractivity contribution < 1.29 is 23.9 Å². The quantitative estimate of drug-likeness (QED) is 0.327. The molecule has 8 nitrogen and oxygen atoms in total. The van der Waals surface area contributed by atoms with Crippen LogP contribution in [0.1, 0.15) is 34.2 Å². The number of hydrogen-bond acceptors (Lipinski definition) is 6. The van der Waals surface area contributed by atoms with Crippen molar-refractivity contribution in [2.24, 2.45) is 7.05 Å². The lowest BCUT2D eigenvalue weighted by Crippen LogP contribution is -2.34. The summed E-state index contributed by atoms with van der Waals surface area (Å²) in [5, 5.41) is 4.15. The van der Waals surface area contributed by atoms with Gasteiger partial charge >= 0.3 is 11.9 Å². The molecule has 9 heteroatoms. The number of aromatic nitrogens is 1. The number of rotatable bonds is 7. The Bertz CT molecular complexity index is 1590. The number of pyridine rings is 1. The van der Waals surface area contributed by atoms with Gasteiger partial charge in [0.2, 0.25) is 0 Å². The van der Waals surface area contributed by atoms with Crippen molar-refractivity contribution in [3.63, 3.8) is 0 Å². The van der Waals surface area contributed by atoms with Gasteiger partial charge in [-0.1, -0.05) is 61.0 Å². The van der Waals surface area contributed by atoms with E-state index in [0.29, 0.717) is 26.9 Å². The van der Waals surface area contributed by atoms with E-state index in [9.17, 15) is 19.2 Å². The molecule has 0 aliphatic rings. The maximum absolute atomic E-state index is 13.6. The summed E-state index contributed by atoms with van der Waals surface area (Å²) in [5.74, 6) is -2.09. The lowest BCUT2D eigenvalue weighted by Gasteiger charge is -2.20. The number of carbonyl (C=O) groups is 3. The Morgan fingerprint density at radius 3 is 2.21 bits per heavy atom. The summed E-state index contributed by atoms with van der Waals surface area (Å²) in [4.78, 5) is 52.0. The first-order valence-corrected chi connectivity index (χ1v) is 12.2. The van der Waals surface area contributed by atoms with Crippen molar-refractivity contribution >= 4 is 45.9 Å². The van der Waals surface area contributed by atoms with Gasteiger partial charge in [0.1, 0.15) is 5.69 Å². The van der Waals surface area contributed by atoms with Crippen LogP contribution in [0.25, 0.3) is 21.9 Å². The number of nitrogens with one attached hydrogen (secondary N) is 1. The van der Waals surface area contributed by atoms with Gasteiger partial charge in [-0.3, -0.25) is 9.59 Å². The fourth-order valence-corrected chi connectivity index (χ4v) is 4.34. The summed E-state index contributed by atoms with van der Waals surface area (Å²) in [6, 6.07) is 20.2. The zero-order chi connectivity index (χ0) is 27.4. The minimum absolute atomic E-state index is 0.00256. The molecule has 1 N–H and O–H groups in total.